The van der Waals surface area contributed by atoms with Crippen molar-refractivity contribution < 1.29 is 13.9 Å². The summed E-state index contributed by atoms with van der Waals surface area (Å²) in [6.45, 7) is 7.47. The van der Waals surface area contributed by atoms with Gasteiger partial charge in [0, 0.05) is 38.4 Å². The minimum absolute atomic E-state index is 0.0411. The van der Waals surface area contributed by atoms with Crippen molar-refractivity contribution in [2.75, 3.05) is 50.8 Å². The highest BCUT2D eigenvalue weighted by Gasteiger charge is 2.16. The van der Waals surface area contributed by atoms with Gasteiger partial charge in [0.15, 0.2) is 6.61 Å². The largest absolute Gasteiger partial charge is 0.484 e. The minimum atomic E-state index is -0.200. The van der Waals surface area contributed by atoms with Gasteiger partial charge in [-0.1, -0.05) is 17.7 Å². The van der Waals surface area contributed by atoms with Crippen molar-refractivity contribution in [1.82, 2.24) is 10.2 Å². The molecule has 6 heteroatoms. The Morgan fingerprint density at radius 3 is 2.39 bits per heavy atom. The lowest BCUT2D eigenvalue weighted by Crippen LogP contribution is -2.47. The Labute approximate surface area is 166 Å². The van der Waals surface area contributed by atoms with E-state index in [2.05, 4.69) is 15.1 Å². The van der Waals surface area contributed by atoms with Gasteiger partial charge in [0.05, 0.1) is 0 Å². The minimum Gasteiger partial charge on any atom is -0.484 e. The molecular formula is C22H28FN3O2. The zero-order valence-corrected chi connectivity index (χ0v) is 16.4. The molecule has 1 amide bonds. The van der Waals surface area contributed by atoms with E-state index >= 15 is 0 Å². The molecule has 0 atom stereocenters. The van der Waals surface area contributed by atoms with Gasteiger partial charge < -0.3 is 15.0 Å². The van der Waals surface area contributed by atoms with E-state index in [1.165, 1.54) is 12.1 Å². The van der Waals surface area contributed by atoms with Crippen LogP contribution in [0.3, 0.4) is 0 Å². The Morgan fingerprint density at radius 2 is 1.71 bits per heavy atom. The quantitative estimate of drug-likeness (QED) is 0.710. The van der Waals surface area contributed by atoms with Gasteiger partial charge in [-0.25, -0.2) is 4.39 Å². The van der Waals surface area contributed by atoms with Crippen molar-refractivity contribution in [2.24, 2.45) is 0 Å². The molecule has 0 aliphatic carbocycles. The van der Waals surface area contributed by atoms with Crippen molar-refractivity contribution in [3.63, 3.8) is 0 Å². The highest BCUT2D eigenvalue weighted by atomic mass is 19.1. The maximum Gasteiger partial charge on any atom is 0.257 e. The van der Waals surface area contributed by atoms with Crippen molar-refractivity contribution in [3.8, 4) is 5.75 Å². The Morgan fingerprint density at radius 1 is 1.04 bits per heavy atom. The summed E-state index contributed by atoms with van der Waals surface area (Å²) in [5.41, 5.74) is 2.23. The zero-order valence-electron chi connectivity index (χ0n) is 16.4. The van der Waals surface area contributed by atoms with E-state index < -0.39 is 0 Å². The number of hydrogen-bond donors (Lipinski definition) is 1. The number of halogens is 1. The summed E-state index contributed by atoms with van der Waals surface area (Å²) in [4.78, 5) is 16.6. The van der Waals surface area contributed by atoms with Crippen molar-refractivity contribution >= 4 is 11.6 Å². The molecule has 2 aromatic rings. The molecule has 0 aromatic heterocycles. The molecular weight excluding hydrogens is 357 g/mol. The molecule has 2 aromatic carbocycles. The average Bonchev–Trinajstić information content (AvgIpc) is 2.72. The fraction of sp³-hybridized carbons (Fsp3) is 0.409. The smallest absolute Gasteiger partial charge is 0.257 e. The van der Waals surface area contributed by atoms with Crippen LogP contribution in [0, 0.1) is 12.7 Å². The molecule has 0 saturated carbocycles. The predicted octanol–water partition coefficient (Wildman–Crippen LogP) is 2.84. The topological polar surface area (TPSA) is 44.8 Å². The summed E-state index contributed by atoms with van der Waals surface area (Å²) in [7, 11) is 0. The Kier molecular flexibility index (Phi) is 7.25. The SMILES string of the molecule is Cc1ccc(OCC(=O)NCCCN2CCN(c3ccc(F)cc3)CC2)cc1. The van der Waals surface area contributed by atoms with Crippen LogP contribution in [0.15, 0.2) is 48.5 Å². The molecule has 0 spiro atoms. The molecule has 1 N–H and O–H groups in total. The second-order valence-electron chi connectivity index (χ2n) is 7.11. The lowest BCUT2D eigenvalue weighted by atomic mass is 10.2. The first-order valence-corrected chi connectivity index (χ1v) is 9.79. The van der Waals surface area contributed by atoms with E-state index in [-0.39, 0.29) is 18.3 Å². The van der Waals surface area contributed by atoms with Crippen LogP contribution in [-0.4, -0.2) is 56.7 Å². The fourth-order valence-electron chi connectivity index (χ4n) is 3.25. The van der Waals surface area contributed by atoms with E-state index in [1.54, 1.807) is 0 Å². The molecule has 1 fully saturated rings. The van der Waals surface area contributed by atoms with E-state index in [9.17, 15) is 9.18 Å². The molecule has 150 valence electrons. The molecule has 0 unspecified atom stereocenters. The first-order chi connectivity index (χ1) is 13.6. The molecule has 3 rings (SSSR count). The number of benzene rings is 2. The van der Waals surface area contributed by atoms with Crippen LogP contribution in [0.5, 0.6) is 5.75 Å². The third-order valence-corrected chi connectivity index (χ3v) is 4.93. The van der Waals surface area contributed by atoms with Crippen LogP contribution in [0.2, 0.25) is 0 Å². The summed E-state index contributed by atoms with van der Waals surface area (Å²) >= 11 is 0. The Balaban J connectivity index is 1.27. The summed E-state index contributed by atoms with van der Waals surface area (Å²) in [6.07, 6.45) is 0.910. The number of hydrogen-bond acceptors (Lipinski definition) is 4. The second kappa shape index (κ2) is 10.1. The summed E-state index contributed by atoms with van der Waals surface area (Å²) in [5, 5.41) is 2.91. The number of aryl methyl sites for hydroxylation is 1. The first-order valence-electron chi connectivity index (χ1n) is 9.79. The highest BCUT2D eigenvalue weighted by Crippen LogP contribution is 2.17. The maximum absolute atomic E-state index is 13.0. The Bertz CT molecular complexity index is 741. The number of carbonyl (C=O) groups excluding carboxylic acids is 1. The van der Waals surface area contributed by atoms with Gasteiger partial charge in [-0.3, -0.25) is 9.69 Å². The number of nitrogens with zero attached hydrogens (tertiary/aromatic N) is 2. The molecule has 0 radical (unpaired) electrons. The van der Waals surface area contributed by atoms with Crippen molar-refractivity contribution in [3.05, 3.63) is 59.9 Å². The van der Waals surface area contributed by atoms with Crippen LogP contribution in [-0.2, 0) is 4.79 Å². The lowest BCUT2D eigenvalue weighted by molar-refractivity contribution is -0.123. The number of carbonyl (C=O) groups is 1. The number of ether oxygens (including phenoxy) is 1. The molecule has 1 aliphatic heterocycles. The van der Waals surface area contributed by atoms with Gasteiger partial charge in [0.1, 0.15) is 11.6 Å². The van der Waals surface area contributed by atoms with Crippen LogP contribution >= 0.6 is 0 Å². The summed E-state index contributed by atoms with van der Waals surface area (Å²) in [6, 6.07) is 14.3. The molecule has 1 aliphatic rings. The van der Waals surface area contributed by atoms with Crippen LogP contribution in [0.1, 0.15) is 12.0 Å². The Hall–Kier alpha value is -2.60. The lowest BCUT2D eigenvalue weighted by Gasteiger charge is -2.36. The fourth-order valence-corrected chi connectivity index (χ4v) is 3.25. The third kappa shape index (κ3) is 6.23. The van der Waals surface area contributed by atoms with Gasteiger partial charge in [-0.15, -0.1) is 0 Å². The zero-order chi connectivity index (χ0) is 19.8. The second-order valence-corrected chi connectivity index (χ2v) is 7.11. The molecule has 28 heavy (non-hydrogen) atoms. The summed E-state index contributed by atoms with van der Waals surface area (Å²) < 4.78 is 18.5. The van der Waals surface area contributed by atoms with E-state index in [0.717, 1.165) is 50.4 Å². The number of nitrogens with one attached hydrogen (secondary N) is 1. The van der Waals surface area contributed by atoms with Crippen molar-refractivity contribution in [2.45, 2.75) is 13.3 Å². The summed E-state index contributed by atoms with van der Waals surface area (Å²) in [5.74, 6) is 0.412. The van der Waals surface area contributed by atoms with Crippen LogP contribution < -0.4 is 15.0 Å². The van der Waals surface area contributed by atoms with Crippen LogP contribution in [0.4, 0.5) is 10.1 Å². The van der Waals surface area contributed by atoms with E-state index in [0.29, 0.717) is 12.3 Å². The van der Waals surface area contributed by atoms with Gasteiger partial charge >= 0.3 is 0 Å². The predicted molar refractivity (Wildman–Crippen MR) is 109 cm³/mol. The highest BCUT2D eigenvalue weighted by molar-refractivity contribution is 5.77. The van der Waals surface area contributed by atoms with E-state index in [1.807, 2.05) is 43.3 Å². The maximum atomic E-state index is 13.0. The number of piperazine rings is 1. The average molecular weight is 385 g/mol. The van der Waals surface area contributed by atoms with Crippen molar-refractivity contribution in [1.29, 1.82) is 0 Å². The van der Waals surface area contributed by atoms with Gasteiger partial charge in [0.25, 0.3) is 5.91 Å². The molecule has 5 nitrogen and oxygen atoms in total. The third-order valence-electron chi connectivity index (χ3n) is 4.93. The van der Waals surface area contributed by atoms with Gasteiger partial charge in [0.2, 0.25) is 0 Å². The number of anilines is 1. The number of amides is 1. The van der Waals surface area contributed by atoms with E-state index in [4.69, 9.17) is 4.74 Å². The molecule has 1 heterocycles. The first kappa shape index (κ1) is 20.1. The normalized spacial score (nSPS) is 14.7. The monoisotopic (exact) mass is 385 g/mol. The van der Waals surface area contributed by atoms with Gasteiger partial charge in [-0.05, 0) is 56.3 Å². The number of rotatable bonds is 8. The van der Waals surface area contributed by atoms with Gasteiger partial charge in [-0.2, -0.15) is 0 Å². The molecule has 1 saturated heterocycles. The van der Waals surface area contributed by atoms with Crippen LogP contribution in [0.25, 0.3) is 0 Å². The molecule has 0 bridgehead atoms. The standard InChI is InChI=1S/C22H28FN3O2/c1-18-3-9-21(10-4-18)28-17-22(27)24-11-2-12-25-13-15-26(16-14-25)20-7-5-19(23)6-8-20/h3-10H,2,11-17H2,1H3,(H,24,27).